The predicted molar refractivity (Wildman–Crippen MR) is 159 cm³/mol. The summed E-state index contributed by atoms with van der Waals surface area (Å²) in [6.45, 7) is 10.7. The molecule has 4 rings (SSSR count). The number of sulfone groups is 1. The topological polar surface area (TPSA) is 129 Å². The molecule has 0 aliphatic carbocycles. The number of anilines is 1. The van der Waals surface area contributed by atoms with Gasteiger partial charge in [0.2, 0.25) is 5.70 Å². The minimum Gasteiger partial charge on any atom is -0.496 e. The van der Waals surface area contributed by atoms with E-state index < -0.39 is 59.2 Å². The molecule has 0 saturated carbocycles. The third-order valence-electron chi connectivity index (χ3n) is 6.89. The van der Waals surface area contributed by atoms with Crippen molar-refractivity contribution in [3.05, 3.63) is 106 Å². The Morgan fingerprint density at radius 1 is 1.02 bits per heavy atom. The van der Waals surface area contributed by atoms with E-state index in [-0.39, 0.29) is 34.2 Å². The van der Waals surface area contributed by atoms with Crippen molar-refractivity contribution in [3.8, 4) is 11.8 Å². The molecule has 3 aromatic carbocycles. The van der Waals surface area contributed by atoms with Gasteiger partial charge in [-0.1, -0.05) is 19.6 Å². The second kappa shape index (κ2) is 12.3. The Morgan fingerprint density at radius 3 is 2.22 bits per heavy atom. The normalized spacial score (nSPS) is 15.7. The van der Waals surface area contributed by atoms with Crippen molar-refractivity contribution in [2.45, 2.75) is 43.3 Å². The first-order valence-corrected chi connectivity index (χ1v) is 15.8. The molecule has 1 aliphatic rings. The number of amides is 2. The van der Waals surface area contributed by atoms with E-state index in [0.29, 0.717) is 22.3 Å². The van der Waals surface area contributed by atoms with E-state index in [0.717, 1.165) is 42.7 Å². The highest BCUT2D eigenvalue weighted by Gasteiger charge is 2.48. The Bertz CT molecular complexity index is 2030. The van der Waals surface area contributed by atoms with Gasteiger partial charge in [0, 0.05) is 17.6 Å². The minimum absolute atomic E-state index is 0. The third kappa shape index (κ3) is 6.22. The molecule has 1 heterocycles. The fourth-order valence-corrected chi connectivity index (χ4v) is 7.35. The highest BCUT2D eigenvalue weighted by molar-refractivity contribution is 7.91. The first-order chi connectivity index (χ1) is 20.5. The molecule has 45 heavy (non-hydrogen) atoms. The number of halogens is 3. The lowest BCUT2D eigenvalue weighted by atomic mass is 9.98. The van der Waals surface area contributed by atoms with Gasteiger partial charge in [0.05, 0.1) is 40.7 Å². The number of nitriles is 1. The van der Waals surface area contributed by atoms with E-state index in [4.69, 9.17) is 11.3 Å². The van der Waals surface area contributed by atoms with Gasteiger partial charge >= 0.3 is 12.2 Å². The van der Waals surface area contributed by atoms with Crippen LogP contribution in [0.15, 0.2) is 81.8 Å². The molecule has 15 heteroatoms. The number of methoxy groups -OCH3 is 1. The smallest absolute Gasteiger partial charge is 0.416 e. The van der Waals surface area contributed by atoms with Crippen LogP contribution in [0.3, 0.4) is 0 Å². The number of allylic oxidation sites excluding steroid dienone is 1. The van der Waals surface area contributed by atoms with Crippen LogP contribution >= 0.6 is 0 Å². The first-order valence-electron chi connectivity index (χ1n) is 12.5. The summed E-state index contributed by atoms with van der Waals surface area (Å²) in [6.07, 6.45) is -4.00. The van der Waals surface area contributed by atoms with Gasteiger partial charge in [-0.05, 0) is 73.5 Å². The Labute approximate surface area is 259 Å². The maximum absolute atomic E-state index is 14.3. The van der Waals surface area contributed by atoms with Crippen LogP contribution in [0.2, 0.25) is 0 Å². The maximum atomic E-state index is 14.3. The van der Waals surface area contributed by atoms with Gasteiger partial charge in [0.25, 0.3) is 10.0 Å². The van der Waals surface area contributed by atoms with E-state index in [1.807, 2.05) is 0 Å². The van der Waals surface area contributed by atoms with Crippen molar-refractivity contribution in [1.82, 2.24) is 4.31 Å². The first kappa shape index (κ1) is 34.6. The monoisotopic (exact) mass is 660 g/mol. The summed E-state index contributed by atoms with van der Waals surface area (Å²) in [4.78, 5) is 17.5. The van der Waals surface area contributed by atoms with Crippen LogP contribution in [-0.2, 0) is 26.0 Å². The number of benzene rings is 3. The molecule has 0 N–H and O–H groups in total. The van der Waals surface area contributed by atoms with E-state index in [1.54, 1.807) is 13.0 Å². The van der Waals surface area contributed by atoms with Gasteiger partial charge in [0.15, 0.2) is 9.84 Å². The third-order valence-corrected chi connectivity index (χ3v) is 9.78. The summed E-state index contributed by atoms with van der Waals surface area (Å²) in [6, 6.07) is 9.12. The van der Waals surface area contributed by atoms with Gasteiger partial charge in [0.1, 0.15) is 11.8 Å². The molecular formula is C30H27F3N4O6S2. The van der Waals surface area contributed by atoms with Gasteiger partial charge in [-0.15, -0.1) is 0 Å². The van der Waals surface area contributed by atoms with E-state index in [2.05, 4.69) is 4.85 Å². The Morgan fingerprint density at radius 2 is 1.69 bits per heavy atom. The van der Waals surface area contributed by atoms with Crippen molar-refractivity contribution in [3.63, 3.8) is 0 Å². The van der Waals surface area contributed by atoms with Crippen molar-refractivity contribution >= 4 is 31.6 Å². The Kier molecular flexibility index (Phi) is 9.44. The number of nitrogens with zero attached hydrogens (tertiary/aromatic N) is 4. The second-order valence-corrected chi connectivity index (χ2v) is 13.5. The number of ether oxygens (including phenoxy) is 1. The van der Waals surface area contributed by atoms with E-state index in [9.17, 15) is 40.1 Å². The Balaban J connectivity index is 0.00000552. The highest BCUT2D eigenvalue weighted by atomic mass is 32.2. The number of hydrogen-bond acceptors (Lipinski definition) is 7. The number of carbonyl (C=O) groups is 1. The van der Waals surface area contributed by atoms with Crippen molar-refractivity contribution < 1.29 is 39.5 Å². The average molecular weight is 661 g/mol. The molecule has 1 aliphatic heterocycles. The van der Waals surface area contributed by atoms with Crippen LogP contribution in [0.5, 0.6) is 5.75 Å². The molecule has 2 amide bonds. The Hall–Kier alpha value is -4.86. The lowest BCUT2D eigenvalue weighted by molar-refractivity contribution is -0.137. The number of hydrogen-bond donors (Lipinski definition) is 0. The molecule has 0 unspecified atom stereocenters. The zero-order valence-electron chi connectivity index (χ0n) is 23.5. The lowest BCUT2D eigenvalue weighted by Crippen LogP contribution is -2.52. The van der Waals surface area contributed by atoms with Crippen molar-refractivity contribution in [2.75, 3.05) is 18.3 Å². The summed E-state index contributed by atoms with van der Waals surface area (Å²) < 4.78 is 101. The summed E-state index contributed by atoms with van der Waals surface area (Å²) in [5.41, 5.74) is -2.22. The van der Waals surface area contributed by atoms with Crippen LogP contribution in [0.1, 0.15) is 42.6 Å². The molecule has 0 radical (unpaired) electrons. The number of sulfonamides is 1. The molecular weight excluding hydrogens is 633 g/mol. The standard InChI is InChI=1S/C29H23F3N4O6S2.CH4/c1-17-13-22(10-12-24(17)42-4)44(40,41)36-27(23-11-9-19(16-33)14-25(23)43(5,38)39)26(34-3)18(2)35(28(36)37)21-8-6-7-20(15-21)29(30,31)32;/h6-15,27H,1-2,4-5H3;1H4/t27-;/m1./s1. The van der Waals surface area contributed by atoms with Crippen molar-refractivity contribution in [2.24, 2.45) is 0 Å². The SMILES string of the molecule is C.[C-]#[N+]C1=C(C)N(c2cccc(C(F)(F)F)c2)C(=O)N(S(=O)(=O)c2ccc(OC)c(C)c2)[C@@H]1c1ccc(C#N)cc1S(C)(=O)=O. The minimum atomic E-state index is -4.95. The van der Waals surface area contributed by atoms with Crippen LogP contribution in [-0.4, -0.2) is 40.5 Å². The zero-order chi connectivity index (χ0) is 32.8. The number of aryl methyl sites for hydroxylation is 1. The van der Waals surface area contributed by atoms with Gasteiger partial charge in [-0.2, -0.15) is 18.4 Å². The number of rotatable bonds is 6. The highest BCUT2D eigenvalue weighted by Crippen LogP contribution is 2.45. The number of urea groups is 1. The largest absolute Gasteiger partial charge is 0.496 e. The lowest BCUT2D eigenvalue weighted by Gasteiger charge is -2.41. The molecule has 236 valence electrons. The molecule has 0 spiro atoms. The summed E-state index contributed by atoms with van der Waals surface area (Å²) in [5, 5.41) is 9.39. The van der Waals surface area contributed by atoms with Crippen LogP contribution in [0.25, 0.3) is 4.85 Å². The summed E-state index contributed by atoms with van der Waals surface area (Å²) >= 11 is 0. The molecule has 0 fully saturated rings. The molecule has 0 saturated heterocycles. The zero-order valence-corrected chi connectivity index (χ0v) is 25.2. The number of carbonyl (C=O) groups excluding carboxylic acids is 1. The molecule has 10 nitrogen and oxygen atoms in total. The molecule has 0 aromatic heterocycles. The quantitative estimate of drug-likeness (QED) is 0.278. The molecule has 0 bridgehead atoms. The summed E-state index contributed by atoms with van der Waals surface area (Å²) in [5.74, 6) is 0.320. The van der Waals surface area contributed by atoms with Gasteiger partial charge in [-0.25, -0.2) is 30.8 Å². The van der Waals surface area contributed by atoms with Crippen LogP contribution in [0, 0.1) is 24.8 Å². The fourth-order valence-electron chi connectivity index (χ4n) is 4.83. The number of alkyl halides is 3. The van der Waals surface area contributed by atoms with Crippen LogP contribution in [0.4, 0.5) is 23.7 Å². The van der Waals surface area contributed by atoms with Crippen molar-refractivity contribution in [1.29, 1.82) is 5.26 Å². The fraction of sp³-hybridized carbons (Fsp3) is 0.233. The predicted octanol–water partition coefficient (Wildman–Crippen LogP) is 6.46. The molecule has 1 atom stereocenters. The van der Waals surface area contributed by atoms with Crippen LogP contribution < -0.4 is 9.64 Å². The summed E-state index contributed by atoms with van der Waals surface area (Å²) in [7, 11) is -7.77. The molecule has 3 aromatic rings. The van der Waals surface area contributed by atoms with Gasteiger partial charge < -0.3 is 4.74 Å². The average Bonchev–Trinajstić information content (AvgIpc) is 2.95. The second-order valence-electron chi connectivity index (χ2n) is 9.72. The maximum Gasteiger partial charge on any atom is 0.416 e. The van der Waals surface area contributed by atoms with E-state index >= 15 is 0 Å². The van der Waals surface area contributed by atoms with Gasteiger partial charge in [-0.3, -0.25) is 4.90 Å². The van der Waals surface area contributed by atoms with E-state index in [1.165, 1.54) is 32.2 Å².